The van der Waals surface area contributed by atoms with Crippen molar-refractivity contribution in [2.75, 3.05) is 11.9 Å². The van der Waals surface area contributed by atoms with Gasteiger partial charge in [-0.3, -0.25) is 10.1 Å². The molecule has 1 aliphatic rings. The number of hydrogen-bond donors (Lipinski definition) is 2. The molecular weight excluding hydrogens is 392 g/mol. The monoisotopic (exact) mass is 414 g/mol. The number of rotatable bonds is 5. The minimum absolute atomic E-state index is 0.131. The van der Waals surface area contributed by atoms with Crippen LogP contribution in [0.25, 0.3) is 10.8 Å². The van der Waals surface area contributed by atoms with Gasteiger partial charge in [0.15, 0.2) is 0 Å². The van der Waals surface area contributed by atoms with Crippen LogP contribution >= 0.6 is 11.3 Å². The third-order valence-electron chi connectivity index (χ3n) is 5.53. The number of aromatic nitrogens is 2. The SMILES string of the molecule is O=C(Nc1nnc(CCc2cccc3ccccc23)s1)c1ccc2c(c1)CCNC2. The standard InChI is InChI=1S/C24H22N4OS/c29-23(19-8-9-20-15-25-13-12-18(20)14-19)26-24-28-27-22(30-24)11-10-17-6-3-5-16-4-1-2-7-21(16)17/h1-9,14,25H,10-13,15H2,(H,26,28,29). The van der Waals surface area contributed by atoms with E-state index in [2.05, 4.69) is 63.3 Å². The first kappa shape index (κ1) is 18.9. The van der Waals surface area contributed by atoms with Gasteiger partial charge in [0, 0.05) is 18.5 Å². The predicted molar refractivity (Wildman–Crippen MR) is 121 cm³/mol. The highest BCUT2D eigenvalue weighted by Gasteiger charge is 2.14. The normalized spacial score (nSPS) is 13.2. The Balaban J connectivity index is 1.25. The van der Waals surface area contributed by atoms with E-state index in [-0.39, 0.29) is 5.91 Å². The summed E-state index contributed by atoms with van der Waals surface area (Å²) in [6.45, 7) is 1.82. The van der Waals surface area contributed by atoms with E-state index >= 15 is 0 Å². The lowest BCUT2D eigenvalue weighted by atomic mass is 9.98. The number of amides is 1. The summed E-state index contributed by atoms with van der Waals surface area (Å²) in [5.41, 5.74) is 4.49. The zero-order chi connectivity index (χ0) is 20.3. The Kier molecular flexibility index (Phi) is 5.26. The second kappa shape index (κ2) is 8.34. The molecule has 0 saturated heterocycles. The fourth-order valence-corrected chi connectivity index (χ4v) is 4.68. The molecule has 6 heteroatoms. The number of nitrogens with zero attached hydrogens (tertiary/aromatic N) is 2. The van der Waals surface area contributed by atoms with Crippen molar-refractivity contribution in [3.63, 3.8) is 0 Å². The van der Waals surface area contributed by atoms with Crippen LogP contribution in [0.4, 0.5) is 5.13 Å². The third kappa shape index (κ3) is 3.97. The molecule has 5 rings (SSSR count). The second-order valence-electron chi connectivity index (χ2n) is 7.50. The fraction of sp³-hybridized carbons (Fsp3) is 0.208. The first-order valence-electron chi connectivity index (χ1n) is 10.2. The highest BCUT2D eigenvalue weighted by molar-refractivity contribution is 7.15. The Morgan fingerprint density at radius 1 is 1.00 bits per heavy atom. The molecule has 0 radical (unpaired) electrons. The summed E-state index contributed by atoms with van der Waals surface area (Å²) in [6, 6.07) is 20.7. The Bertz CT molecular complexity index is 1210. The second-order valence-corrected chi connectivity index (χ2v) is 8.57. The molecule has 2 N–H and O–H groups in total. The van der Waals surface area contributed by atoms with Crippen LogP contribution in [0.1, 0.15) is 32.1 Å². The highest BCUT2D eigenvalue weighted by Crippen LogP contribution is 2.23. The van der Waals surface area contributed by atoms with E-state index in [4.69, 9.17) is 0 Å². The lowest BCUT2D eigenvalue weighted by Gasteiger charge is -2.17. The summed E-state index contributed by atoms with van der Waals surface area (Å²) >= 11 is 1.45. The van der Waals surface area contributed by atoms with Crippen molar-refractivity contribution in [3.8, 4) is 0 Å². The third-order valence-corrected chi connectivity index (χ3v) is 6.43. The maximum Gasteiger partial charge on any atom is 0.257 e. The van der Waals surface area contributed by atoms with Crippen LogP contribution in [0.5, 0.6) is 0 Å². The molecule has 3 aromatic carbocycles. The number of carbonyl (C=O) groups is 1. The van der Waals surface area contributed by atoms with E-state index in [1.165, 1.54) is 38.8 Å². The average molecular weight is 415 g/mol. The quantitative estimate of drug-likeness (QED) is 0.509. The largest absolute Gasteiger partial charge is 0.312 e. The molecule has 0 fully saturated rings. The van der Waals surface area contributed by atoms with Gasteiger partial charge in [-0.15, -0.1) is 10.2 Å². The molecular formula is C24H22N4OS. The van der Waals surface area contributed by atoms with Gasteiger partial charge in [-0.05, 0) is 59.0 Å². The van der Waals surface area contributed by atoms with Crippen molar-refractivity contribution in [1.82, 2.24) is 15.5 Å². The molecule has 2 heterocycles. The highest BCUT2D eigenvalue weighted by atomic mass is 32.1. The molecule has 0 spiro atoms. The van der Waals surface area contributed by atoms with E-state index < -0.39 is 0 Å². The van der Waals surface area contributed by atoms with Crippen molar-refractivity contribution >= 4 is 33.1 Å². The molecule has 4 aromatic rings. The van der Waals surface area contributed by atoms with Gasteiger partial charge in [0.2, 0.25) is 5.13 Å². The van der Waals surface area contributed by atoms with Gasteiger partial charge in [-0.1, -0.05) is 59.9 Å². The van der Waals surface area contributed by atoms with Gasteiger partial charge in [0.1, 0.15) is 5.01 Å². The van der Waals surface area contributed by atoms with Crippen molar-refractivity contribution in [3.05, 3.63) is 87.9 Å². The number of nitrogens with one attached hydrogen (secondary N) is 2. The van der Waals surface area contributed by atoms with Crippen LogP contribution < -0.4 is 10.6 Å². The molecule has 0 aliphatic carbocycles. The zero-order valence-corrected chi connectivity index (χ0v) is 17.3. The van der Waals surface area contributed by atoms with Crippen molar-refractivity contribution in [2.24, 2.45) is 0 Å². The lowest BCUT2D eigenvalue weighted by Crippen LogP contribution is -2.24. The van der Waals surface area contributed by atoms with Gasteiger partial charge < -0.3 is 5.32 Å². The Labute approximate surface area is 179 Å². The molecule has 5 nitrogen and oxygen atoms in total. The summed E-state index contributed by atoms with van der Waals surface area (Å²) < 4.78 is 0. The van der Waals surface area contributed by atoms with Gasteiger partial charge >= 0.3 is 0 Å². The van der Waals surface area contributed by atoms with Gasteiger partial charge in [-0.2, -0.15) is 0 Å². The maximum atomic E-state index is 12.6. The number of benzene rings is 3. The number of carbonyl (C=O) groups excluding carboxylic acids is 1. The molecule has 0 bridgehead atoms. The average Bonchev–Trinajstić information content (AvgIpc) is 3.24. The first-order chi connectivity index (χ1) is 14.8. The summed E-state index contributed by atoms with van der Waals surface area (Å²) in [4.78, 5) is 12.6. The van der Waals surface area contributed by atoms with Gasteiger partial charge in [-0.25, -0.2) is 0 Å². The van der Waals surface area contributed by atoms with Crippen LogP contribution in [0, 0.1) is 0 Å². The van der Waals surface area contributed by atoms with Crippen molar-refractivity contribution in [1.29, 1.82) is 0 Å². The zero-order valence-electron chi connectivity index (χ0n) is 16.5. The molecule has 0 unspecified atom stereocenters. The summed E-state index contributed by atoms with van der Waals surface area (Å²) in [6.07, 6.45) is 2.64. The number of aryl methyl sites for hydroxylation is 2. The molecule has 1 aliphatic heterocycles. The minimum atomic E-state index is -0.131. The van der Waals surface area contributed by atoms with E-state index in [9.17, 15) is 4.79 Å². The molecule has 0 saturated carbocycles. The van der Waals surface area contributed by atoms with Crippen molar-refractivity contribution < 1.29 is 4.79 Å². The van der Waals surface area contributed by atoms with Gasteiger partial charge in [0.05, 0.1) is 0 Å². The van der Waals surface area contributed by atoms with E-state index in [0.717, 1.165) is 37.4 Å². The Morgan fingerprint density at radius 2 is 1.90 bits per heavy atom. The molecule has 30 heavy (non-hydrogen) atoms. The minimum Gasteiger partial charge on any atom is -0.312 e. The topological polar surface area (TPSA) is 66.9 Å². The number of hydrogen-bond acceptors (Lipinski definition) is 5. The molecule has 1 amide bonds. The molecule has 150 valence electrons. The maximum absolute atomic E-state index is 12.6. The number of anilines is 1. The smallest absolute Gasteiger partial charge is 0.257 e. The van der Waals surface area contributed by atoms with Crippen molar-refractivity contribution in [2.45, 2.75) is 25.8 Å². The van der Waals surface area contributed by atoms with Gasteiger partial charge in [0.25, 0.3) is 5.91 Å². The van der Waals surface area contributed by atoms with E-state index in [0.29, 0.717) is 10.7 Å². The Morgan fingerprint density at radius 3 is 2.87 bits per heavy atom. The van der Waals surface area contributed by atoms with Crippen LogP contribution in [0.3, 0.4) is 0 Å². The van der Waals surface area contributed by atoms with Crippen LogP contribution in [-0.4, -0.2) is 22.6 Å². The predicted octanol–water partition coefficient (Wildman–Crippen LogP) is 4.37. The van der Waals surface area contributed by atoms with Crippen LogP contribution in [0.2, 0.25) is 0 Å². The summed E-state index contributed by atoms with van der Waals surface area (Å²) in [5.74, 6) is -0.131. The summed E-state index contributed by atoms with van der Waals surface area (Å²) in [7, 11) is 0. The Hall–Kier alpha value is -3.09. The lowest BCUT2D eigenvalue weighted by molar-refractivity contribution is 0.102. The molecule has 1 aromatic heterocycles. The van der Waals surface area contributed by atoms with E-state index in [1.54, 1.807) is 0 Å². The summed E-state index contributed by atoms with van der Waals surface area (Å²) in [5, 5.41) is 18.7. The van der Waals surface area contributed by atoms with Crippen LogP contribution in [-0.2, 0) is 25.8 Å². The van der Waals surface area contributed by atoms with Crippen LogP contribution in [0.15, 0.2) is 60.7 Å². The fourth-order valence-electron chi connectivity index (χ4n) is 3.94. The first-order valence-corrected chi connectivity index (χ1v) is 11.0. The molecule has 0 atom stereocenters. The van der Waals surface area contributed by atoms with E-state index in [1.807, 2.05) is 18.2 Å². The number of fused-ring (bicyclic) bond motifs is 2.